The van der Waals surface area contributed by atoms with Crippen LogP contribution in [-0.4, -0.2) is 32.1 Å². The molecule has 1 atom stereocenters. The summed E-state index contributed by atoms with van der Waals surface area (Å²) in [5.74, 6) is -2.05. The first-order chi connectivity index (χ1) is 13.4. The largest absolute Gasteiger partial charge is 0.481 e. The molecule has 28 heavy (non-hydrogen) atoms. The van der Waals surface area contributed by atoms with Crippen LogP contribution in [0.1, 0.15) is 30.7 Å². The van der Waals surface area contributed by atoms with Crippen LogP contribution in [0.5, 0.6) is 0 Å². The zero-order valence-corrected chi connectivity index (χ0v) is 15.5. The zero-order chi connectivity index (χ0) is 20.1. The minimum absolute atomic E-state index is 0.173. The number of aromatic nitrogens is 2. The number of aryl methyl sites for hydroxylation is 1. The van der Waals surface area contributed by atoms with Crippen molar-refractivity contribution in [3.8, 4) is 0 Å². The van der Waals surface area contributed by atoms with E-state index in [1.165, 1.54) is 0 Å². The molecule has 0 saturated heterocycles. The number of hydrogen-bond donors (Lipinski definition) is 4. The molecule has 0 radical (unpaired) electrons. The normalized spacial score (nSPS) is 11.8. The standard InChI is InChI=1S/2C11H11NO2/c1-7(11(13)14)10-6-8-4-2-3-5-9(8)12-10;13-11(14)6-5-9-7-8-3-1-2-4-10(8)12-9/h2-7,12H,1H3,(H,13,14);1-4,7,12H,5-6H2,(H,13,14). The van der Waals surface area contributed by atoms with Crippen LogP contribution in [-0.2, 0) is 16.0 Å². The lowest BCUT2D eigenvalue weighted by atomic mass is 10.1. The molecule has 0 bridgehead atoms. The number of aliphatic carboxylic acids is 2. The molecule has 4 aromatic rings. The Morgan fingerprint density at radius 1 is 0.893 bits per heavy atom. The van der Waals surface area contributed by atoms with E-state index in [0.717, 1.165) is 33.2 Å². The van der Waals surface area contributed by atoms with Gasteiger partial charge in [-0.25, -0.2) is 0 Å². The Morgan fingerprint density at radius 2 is 1.46 bits per heavy atom. The lowest BCUT2D eigenvalue weighted by molar-refractivity contribution is -0.138. The number of carboxylic acids is 2. The van der Waals surface area contributed by atoms with Gasteiger partial charge in [0, 0.05) is 22.4 Å². The predicted molar refractivity (Wildman–Crippen MR) is 109 cm³/mol. The van der Waals surface area contributed by atoms with Crippen LogP contribution in [0.25, 0.3) is 21.8 Å². The van der Waals surface area contributed by atoms with Crippen molar-refractivity contribution in [2.45, 2.75) is 25.7 Å². The first-order valence-corrected chi connectivity index (χ1v) is 9.03. The molecular weight excluding hydrogens is 356 g/mol. The molecule has 1 unspecified atom stereocenters. The van der Waals surface area contributed by atoms with Crippen molar-refractivity contribution in [1.29, 1.82) is 0 Å². The van der Waals surface area contributed by atoms with E-state index in [1.54, 1.807) is 6.92 Å². The summed E-state index contributed by atoms with van der Waals surface area (Å²) in [7, 11) is 0. The number of para-hydroxylation sites is 2. The minimum Gasteiger partial charge on any atom is -0.481 e. The van der Waals surface area contributed by atoms with Gasteiger partial charge in [0.15, 0.2) is 0 Å². The molecule has 6 nitrogen and oxygen atoms in total. The number of nitrogens with one attached hydrogen (secondary N) is 2. The monoisotopic (exact) mass is 378 g/mol. The number of benzene rings is 2. The van der Waals surface area contributed by atoms with Crippen molar-refractivity contribution in [2.75, 3.05) is 0 Å². The van der Waals surface area contributed by atoms with Gasteiger partial charge in [0.05, 0.1) is 12.3 Å². The lowest BCUT2D eigenvalue weighted by Crippen LogP contribution is -2.07. The van der Waals surface area contributed by atoms with Crippen LogP contribution in [0, 0.1) is 0 Å². The van der Waals surface area contributed by atoms with Crippen molar-refractivity contribution < 1.29 is 19.8 Å². The average Bonchev–Trinajstić information content (AvgIpc) is 3.29. The summed E-state index contributed by atoms with van der Waals surface area (Å²) in [5.41, 5.74) is 3.77. The highest BCUT2D eigenvalue weighted by Crippen LogP contribution is 2.21. The number of fused-ring (bicyclic) bond motifs is 2. The maximum absolute atomic E-state index is 10.8. The van der Waals surface area contributed by atoms with E-state index in [4.69, 9.17) is 10.2 Å². The molecule has 2 aromatic carbocycles. The SMILES string of the molecule is CC(C(=O)O)c1cc2ccccc2[nH]1.O=C(O)CCc1cc2ccccc2[nH]1. The summed E-state index contributed by atoms with van der Waals surface area (Å²) < 4.78 is 0. The Kier molecular flexibility index (Phi) is 5.79. The molecule has 144 valence electrons. The van der Waals surface area contributed by atoms with Gasteiger partial charge in [0.1, 0.15) is 0 Å². The van der Waals surface area contributed by atoms with Gasteiger partial charge >= 0.3 is 11.9 Å². The second kappa shape index (κ2) is 8.43. The maximum atomic E-state index is 10.8. The number of H-pyrrole nitrogens is 2. The average molecular weight is 378 g/mol. The molecule has 0 fully saturated rings. The quantitative estimate of drug-likeness (QED) is 0.409. The van der Waals surface area contributed by atoms with Crippen LogP contribution in [0.4, 0.5) is 0 Å². The van der Waals surface area contributed by atoms with Gasteiger partial charge in [-0.3, -0.25) is 9.59 Å². The fourth-order valence-corrected chi connectivity index (χ4v) is 2.97. The summed E-state index contributed by atoms with van der Waals surface area (Å²) in [6.45, 7) is 1.67. The predicted octanol–water partition coefficient (Wildman–Crippen LogP) is 4.54. The third-order valence-electron chi connectivity index (χ3n) is 4.58. The topological polar surface area (TPSA) is 106 Å². The van der Waals surface area contributed by atoms with E-state index in [9.17, 15) is 9.59 Å². The molecule has 0 spiro atoms. The number of rotatable bonds is 5. The van der Waals surface area contributed by atoms with Gasteiger partial charge in [0.2, 0.25) is 0 Å². The van der Waals surface area contributed by atoms with E-state index >= 15 is 0 Å². The molecule has 0 saturated carbocycles. The molecular formula is C22H22N2O4. The summed E-state index contributed by atoms with van der Waals surface area (Å²) in [6.07, 6.45) is 0.733. The molecule has 4 N–H and O–H groups in total. The van der Waals surface area contributed by atoms with Gasteiger partial charge in [-0.05, 0) is 48.4 Å². The Hall–Kier alpha value is -3.54. The van der Waals surface area contributed by atoms with Crippen molar-refractivity contribution in [3.05, 3.63) is 72.1 Å². The van der Waals surface area contributed by atoms with Gasteiger partial charge in [-0.1, -0.05) is 36.4 Å². The van der Waals surface area contributed by atoms with Gasteiger partial charge in [0.25, 0.3) is 0 Å². The van der Waals surface area contributed by atoms with Crippen molar-refractivity contribution in [2.24, 2.45) is 0 Å². The Balaban J connectivity index is 0.000000161. The number of carbonyl (C=O) groups is 2. The van der Waals surface area contributed by atoms with Crippen LogP contribution in [0.3, 0.4) is 0 Å². The molecule has 2 heterocycles. The first-order valence-electron chi connectivity index (χ1n) is 9.03. The summed E-state index contributed by atoms with van der Waals surface area (Å²) in [4.78, 5) is 27.4. The van der Waals surface area contributed by atoms with E-state index in [-0.39, 0.29) is 6.42 Å². The zero-order valence-electron chi connectivity index (χ0n) is 15.5. The van der Waals surface area contributed by atoms with Gasteiger partial charge < -0.3 is 20.2 Å². The highest BCUT2D eigenvalue weighted by Gasteiger charge is 2.15. The van der Waals surface area contributed by atoms with Gasteiger partial charge in [-0.15, -0.1) is 0 Å². The molecule has 0 aliphatic rings. The second-order valence-electron chi connectivity index (χ2n) is 6.65. The molecule has 4 rings (SSSR count). The Morgan fingerprint density at radius 3 is 2.00 bits per heavy atom. The minimum atomic E-state index is -0.809. The lowest BCUT2D eigenvalue weighted by Gasteiger charge is -2.01. The summed E-state index contributed by atoms with van der Waals surface area (Å²) >= 11 is 0. The number of hydrogen-bond acceptors (Lipinski definition) is 2. The van der Waals surface area contributed by atoms with Crippen molar-refractivity contribution in [3.63, 3.8) is 0 Å². The van der Waals surface area contributed by atoms with E-state index in [2.05, 4.69) is 9.97 Å². The molecule has 2 aromatic heterocycles. The third-order valence-corrected chi connectivity index (χ3v) is 4.58. The highest BCUT2D eigenvalue weighted by molar-refractivity contribution is 5.83. The fraction of sp³-hybridized carbons (Fsp3) is 0.182. The first kappa shape index (κ1) is 19.2. The Bertz CT molecular complexity index is 1040. The molecule has 0 aliphatic carbocycles. The van der Waals surface area contributed by atoms with Crippen LogP contribution in [0.2, 0.25) is 0 Å². The van der Waals surface area contributed by atoms with Gasteiger partial charge in [-0.2, -0.15) is 0 Å². The maximum Gasteiger partial charge on any atom is 0.312 e. The second-order valence-corrected chi connectivity index (χ2v) is 6.65. The van der Waals surface area contributed by atoms with Crippen LogP contribution >= 0.6 is 0 Å². The van der Waals surface area contributed by atoms with E-state index in [1.807, 2.05) is 60.7 Å². The Labute approximate surface area is 161 Å². The number of carboxylic acid groups (broad SMARTS) is 2. The molecule has 6 heteroatoms. The fourth-order valence-electron chi connectivity index (χ4n) is 2.97. The van der Waals surface area contributed by atoms with E-state index in [0.29, 0.717) is 6.42 Å². The molecule has 0 aliphatic heterocycles. The number of aromatic amines is 2. The third kappa shape index (κ3) is 4.59. The van der Waals surface area contributed by atoms with E-state index < -0.39 is 17.9 Å². The highest BCUT2D eigenvalue weighted by atomic mass is 16.4. The summed E-state index contributed by atoms with van der Waals surface area (Å²) in [5, 5.41) is 19.6. The van der Waals surface area contributed by atoms with Crippen molar-refractivity contribution in [1.82, 2.24) is 9.97 Å². The van der Waals surface area contributed by atoms with Crippen LogP contribution < -0.4 is 0 Å². The molecule has 0 amide bonds. The summed E-state index contributed by atoms with van der Waals surface area (Å²) in [6, 6.07) is 19.6. The van der Waals surface area contributed by atoms with Crippen LogP contribution in [0.15, 0.2) is 60.7 Å². The van der Waals surface area contributed by atoms with Crippen molar-refractivity contribution >= 4 is 33.7 Å². The smallest absolute Gasteiger partial charge is 0.312 e.